The zero-order chi connectivity index (χ0) is 5.82. The van der Waals surface area contributed by atoms with Crippen LogP contribution in [0.3, 0.4) is 0 Å². The Morgan fingerprint density at radius 3 is 3.00 bits per heavy atom. The fourth-order valence-electron chi connectivity index (χ4n) is 0.489. The largest absolute Gasteiger partial charge is 0.269 e. The van der Waals surface area contributed by atoms with Crippen molar-refractivity contribution in [3.63, 3.8) is 0 Å². The molecule has 0 saturated heterocycles. The Kier molecular flexibility index (Phi) is 1.40. The molecule has 0 aromatic carbocycles. The molecule has 1 aliphatic rings. The molecule has 0 fully saturated rings. The van der Waals surface area contributed by atoms with E-state index in [1.54, 1.807) is 24.4 Å². The average Bonchev–Trinajstić information content (AvgIpc) is 1.90. The lowest BCUT2D eigenvalue weighted by atomic mass is 10.2. The van der Waals surface area contributed by atoms with Crippen LogP contribution < -0.4 is 0 Å². The molecule has 1 aliphatic heterocycles. The summed E-state index contributed by atoms with van der Waals surface area (Å²) in [5.74, 6) is 1.79. The Morgan fingerprint density at radius 2 is 2.62 bits per heavy atom. The van der Waals surface area contributed by atoms with E-state index in [2.05, 4.69) is 4.99 Å². The average molecular weight is 107 g/mol. The van der Waals surface area contributed by atoms with Crippen LogP contribution in [0.25, 0.3) is 0 Å². The van der Waals surface area contributed by atoms with Gasteiger partial charge in [0.1, 0.15) is 5.94 Å². The summed E-state index contributed by atoms with van der Waals surface area (Å²) in [6.45, 7) is 0. The summed E-state index contributed by atoms with van der Waals surface area (Å²) in [5.41, 5.74) is 0.667. The van der Waals surface area contributed by atoms with Gasteiger partial charge in [0, 0.05) is 24.4 Å². The van der Waals surface area contributed by atoms with Gasteiger partial charge < -0.3 is 0 Å². The van der Waals surface area contributed by atoms with Gasteiger partial charge in [-0.05, 0) is 6.08 Å². The first-order valence-electron chi connectivity index (χ1n) is 2.35. The molecule has 8 heavy (non-hydrogen) atoms. The predicted octanol–water partition coefficient (Wildman–Crippen LogP) is 0.733. The molecule has 0 radical (unpaired) electrons. The first-order valence-corrected chi connectivity index (χ1v) is 2.35. The van der Waals surface area contributed by atoms with Crippen molar-refractivity contribution in [3.8, 4) is 0 Å². The minimum absolute atomic E-state index is 0.625. The summed E-state index contributed by atoms with van der Waals surface area (Å²) in [4.78, 5) is 13.7. The Balaban J connectivity index is 2.80. The number of aliphatic imine (C=N–C) groups is 1. The molecule has 1 heterocycles. The first-order chi connectivity index (χ1) is 3.93. The predicted molar refractivity (Wildman–Crippen MR) is 31.5 cm³/mol. The van der Waals surface area contributed by atoms with Gasteiger partial charge >= 0.3 is 0 Å². The number of hydrogen-bond acceptors (Lipinski definition) is 2. The lowest BCUT2D eigenvalue weighted by molar-refractivity contribution is 0.567. The molecule has 0 amide bonds. The zero-order valence-electron chi connectivity index (χ0n) is 4.29. The lowest BCUT2D eigenvalue weighted by Gasteiger charge is -1.91. The van der Waals surface area contributed by atoms with Gasteiger partial charge in [-0.25, -0.2) is 4.79 Å². The topological polar surface area (TPSA) is 29.4 Å². The number of rotatable bonds is 0. The lowest BCUT2D eigenvalue weighted by Crippen LogP contribution is -1.84. The first kappa shape index (κ1) is 5.01. The summed E-state index contributed by atoms with van der Waals surface area (Å²) in [7, 11) is 0. The van der Waals surface area contributed by atoms with Crippen molar-refractivity contribution in [3.05, 3.63) is 17.8 Å². The van der Waals surface area contributed by atoms with Crippen molar-refractivity contribution in [2.75, 3.05) is 0 Å². The maximum absolute atomic E-state index is 9.88. The number of allylic oxidation sites excluding steroid dienone is 2. The van der Waals surface area contributed by atoms with Crippen LogP contribution in [0.1, 0.15) is 6.42 Å². The van der Waals surface area contributed by atoms with Crippen LogP contribution in [0.5, 0.6) is 0 Å². The van der Waals surface area contributed by atoms with E-state index in [1.807, 2.05) is 0 Å². The maximum Gasteiger partial charge on any atom is 0.128 e. The second kappa shape index (κ2) is 2.24. The van der Waals surface area contributed by atoms with Gasteiger partial charge in [0.05, 0.1) is 0 Å². The van der Waals surface area contributed by atoms with E-state index < -0.39 is 0 Å². The molecular weight excluding hydrogens is 102 g/mol. The highest BCUT2D eigenvalue weighted by molar-refractivity contribution is 5.72. The van der Waals surface area contributed by atoms with Crippen LogP contribution in [-0.4, -0.2) is 12.2 Å². The number of hydrogen-bond donors (Lipinski definition) is 0. The normalized spacial score (nSPS) is 16.2. The molecule has 2 nitrogen and oxygen atoms in total. The van der Waals surface area contributed by atoms with Crippen LogP contribution in [0.4, 0.5) is 0 Å². The molecule has 0 atom stereocenters. The second-order valence-electron chi connectivity index (χ2n) is 1.48. The van der Waals surface area contributed by atoms with E-state index in [4.69, 9.17) is 0 Å². The van der Waals surface area contributed by atoms with Crippen LogP contribution in [0.15, 0.2) is 22.8 Å². The fourth-order valence-corrected chi connectivity index (χ4v) is 0.489. The summed E-state index contributed by atoms with van der Waals surface area (Å²) >= 11 is 0. The molecule has 0 bridgehead atoms. The molecule has 0 unspecified atom stereocenters. The van der Waals surface area contributed by atoms with E-state index in [0.29, 0.717) is 12.0 Å². The standard InChI is InChI=1S/C6H5NO/c8-5-6-1-3-7-4-2-6/h1,3-4H,2H2. The minimum Gasteiger partial charge on any atom is -0.269 e. The molecule has 0 aromatic heterocycles. The summed E-state index contributed by atoms with van der Waals surface area (Å²) in [5, 5.41) is 0. The summed E-state index contributed by atoms with van der Waals surface area (Å²) < 4.78 is 0. The van der Waals surface area contributed by atoms with Gasteiger partial charge in [-0.15, -0.1) is 0 Å². The highest BCUT2D eigenvalue weighted by atomic mass is 16.1. The van der Waals surface area contributed by atoms with Crippen LogP contribution >= 0.6 is 0 Å². The summed E-state index contributed by atoms with van der Waals surface area (Å²) in [6, 6.07) is 0. The Bertz CT molecular complexity index is 185. The molecule has 1 rings (SSSR count). The summed E-state index contributed by atoms with van der Waals surface area (Å²) in [6.07, 6.45) is 5.55. The highest BCUT2D eigenvalue weighted by Crippen LogP contribution is 2.00. The van der Waals surface area contributed by atoms with E-state index in [-0.39, 0.29) is 0 Å². The van der Waals surface area contributed by atoms with Crippen LogP contribution in [0, 0.1) is 0 Å². The van der Waals surface area contributed by atoms with Crippen LogP contribution in [-0.2, 0) is 4.79 Å². The highest BCUT2D eigenvalue weighted by Gasteiger charge is 1.91. The third-order valence-electron chi connectivity index (χ3n) is 0.909. The SMILES string of the molecule is O=C=C1C=CN=CC1. The van der Waals surface area contributed by atoms with Crippen molar-refractivity contribution in [1.29, 1.82) is 0 Å². The molecule has 0 spiro atoms. The molecule has 0 aliphatic carbocycles. The van der Waals surface area contributed by atoms with Crippen molar-refractivity contribution >= 4 is 12.2 Å². The van der Waals surface area contributed by atoms with Crippen LogP contribution in [0.2, 0.25) is 0 Å². The van der Waals surface area contributed by atoms with E-state index in [0.717, 1.165) is 0 Å². The molecule has 0 N–H and O–H groups in total. The molecule has 0 saturated carbocycles. The molecule has 2 heteroatoms. The maximum atomic E-state index is 9.88. The fraction of sp³-hybridized carbons (Fsp3) is 0.167. The molecule has 40 valence electrons. The van der Waals surface area contributed by atoms with Gasteiger partial charge in [0.25, 0.3) is 0 Å². The monoisotopic (exact) mass is 107 g/mol. The number of carbonyl (C=O) groups excluding carboxylic acids is 1. The van der Waals surface area contributed by atoms with Gasteiger partial charge in [0.2, 0.25) is 0 Å². The van der Waals surface area contributed by atoms with Gasteiger partial charge in [-0.2, -0.15) is 0 Å². The molecule has 0 aromatic rings. The Morgan fingerprint density at radius 1 is 1.75 bits per heavy atom. The zero-order valence-corrected chi connectivity index (χ0v) is 4.29. The van der Waals surface area contributed by atoms with Crippen molar-refractivity contribution in [2.45, 2.75) is 6.42 Å². The third-order valence-corrected chi connectivity index (χ3v) is 0.909. The smallest absolute Gasteiger partial charge is 0.128 e. The van der Waals surface area contributed by atoms with Crippen molar-refractivity contribution in [1.82, 2.24) is 0 Å². The number of nitrogens with zero attached hydrogens (tertiary/aromatic N) is 1. The molecular formula is C6H5NO. The third kappa shape index (κ3) is 0.922. The van der Waals surface area contributed by atoms with Gasteiger partial charge in [-0.1, -0.05) is 0 Å². The van der Waals surface area contributed by atoms with Crippen molar-refractivity contribution in [2.24, 2.45) is 4.99 Å². The second-order valence-corrected chi connectivity index (χ2v) is 1.48. The van der Waals surface area contributed by atoms with E-state index in [1.165, 1.54) is 0 Å². The Hall–Kier alpha value is -1.14. The van der Waals surface area contributed by atoms with Crippen molar-refractivity contribution < 1.29 is 4.79 Å². The van der Waals surface area contributed by atoms with E-state index >= 15 is 0 Å². The van der Waals surface area contributed by atoms with Gasteiger partial charge in [0.15, 0.2) is 0 Å². The quantitative estimate of drug-likeness (QED) is 0.419. The van der Waals surface area contributed by atoms with Gasteiger partial charge in [-0.3, -0.25) is 4.99 Å². The minimum atomic E-state index is 0.625. The van der Waals surface area contributed by atoms with E-state index in [9.17, 15) is 4.79 Å². The Labute approximate surface area is 47.2 Å².